The molecule has 0 fully saturated rings. The van der Waals surface area contributed by atoms with Gasteiger partial charge in [0.2, 0.25) is 5.95 Å². The average Bonchev–Trinajstić information content (AvgIpc) is 2.43. The van der Waals surface area contributed by atoms with Crippen LogP contribution in [0.25, 0.3) is 0 Å². The lowest BCUT2D eigenvalue weighted by molar-refractivity contribution is 0.628. The van der Waals surface area contributed by atoms with Crippen LogP contribution in [0, 0.1) is 5.82 Å². The predicted octanol–water partition coefficient (Wildman–Crippen LogP) is 2.71. The number of hydrogen-bond donors (Lipinski definition) is 2. The van der Waals surface area contributed by atoms with Crippen molar-refractivity contribution in [3.8, 4) is 0 Å². The van der Waals surface area contributed by atoms with Crippen LogP contribution in [0.2, 0.25) is 5.02 Å². The first kappa shape index (κ1) is 13.5. The van der Waals surface area contributed by atoms with Gasteiger partial charge in [0.05, 0.1) is 6.20 Å². The fraction of sp³-hybridized carbons (Fsp3) is 0.167. The van der Waals surface area contributed by atoms with Gasteiger partial charge in [-0.3, -0.25) is 5.43 Å². The van der Waals surface area contributed by atoms with Crippen molar-refractivity contribution in [1.29, 1.82) is 0 Å². The molecule has 0 aliphatic carbocycles. The molecule has 0 aliphatic heterocycles. The fourth-order valence-electron chi connectivity index (χ4n) is 1.69. The SMILES string of the molecule is CCN(c1ccc(F)cc1)c1nc(NN)ncc1Cl. The molecule has 100 valence electrons. The Labute approximate surface area is 115 Å². The number of nitrogens with one attached hydrogen (secondary N) is 1. The highest BCUT2D eigenvalue weighted by atomic mass is 35.5. The molecule has 3 N–H and O–H groups in total. The summed E-state index contributed by atoms with van der Waals surface area (Å²) in [4.78, 5) is 9.97. The second-order valence-corrected chi connectivity index (χ2v) is 4.14. The average molecular weight is 282 g/mol. The van der Waals surface area contributed by atoms with Crippen LogP contribution in [0.3, 0.4) is 0 Å². The number of nitrogens with two attached hydrogens (primary N) is 1. The lowest BCUT2D eigenvalue weighted by atomic mass is 10.2. The highest BCUT2D eigenvalue weighted by Crippen LogP contribution is 2.30. The second-order valence-electron chi connectivity index (χ2n) is 3.73. The Morgan fingerprint density at radius 3 is 2.63 bits per heavy atom. The van der Waals surface area contributed by atoms with Crippen molar-refractivity contribution in [2.45, 2.75) is 6.92 Å². The molecule has 0 spiro atoms. The normalized spacial score (nSPS) is 10.3. The topological polar surface area (TPSA) is 67.1 Å². The Morgan fingerprint density at radius 2 is 2.05 bits per heavy atom. The molecule has 2 aromatic rings. The van der Waals surface area contributed by atoms with Gasteiger partial charge in [0.15, 0.2) is 5.82 Å². The summed E-state index contributed by atoms with van der Waals surface area (Å²) in [5.74, 6) is 5.77. The van der Waals surface area contributed by atoms with E-state index < -0.39 is 0 Å². The van der Waals surface area contributed by atoms with Crippen LogP contribution in [-0.4, -0.2) is 16.5 Å². The van der Waals surface area contributed by atoms with Crippen molar-refractivity contribution in [2.75, 3.05) is 16.9 Å². The van der Waals surface area contributed by atoms with Gasteiger partial charge in [-0.15, -0.1) is 0 Å². The first-order chi connectivity index (χ1) is 9.15. The van der Waals surface area contributed by atoms with Crippen LogP contribution in [0.5, 0.6) is 0 Å². The number of benzene rings is 1. The third-order valence-electron chi connectivity index (χ3n) is 2.56. The molecule has 0 radical (unpaired) electrons. The number of nitrogen functional groups attached to an aromatic ring is 1. The Morgan fingerprint density at radius 1 is 1.37 bits per heavy atom. The van der Waals surface area contributed by atoms with E-state index in [9.17, 15) is 4.39 Å². The summed E-state index contributed by atoms with van der Waals surface area (Å²) in [5, 5.41) is 0.394. The lowest BCUT2D eigenvalue weighted by Gasteiger charge is -2.23. The van der Waals surface area contributed by atoms with Crippen molar-refractivity contribution in [2.24, 2.45) is 5.84 Å². The molecule has 19 heavy (non-hydrogen) atoms. The number of hydrazine groups is 1. The molecular weight excluding hydrogens is 269 g/mol. The molecule has 0 unspecified atom stereocenters. The Kier molecular flexibility index (Phi) is 4.13. The number of hydrogen-bond acceptors (Lipinski definition) is 5. The molecule has 0 amide bonds. The van der Waals surface area contributed by atoms with Crippen LogP contribution in [-0.2, 0) is 0 Å². The third kappa shape index (κ3) is 2.91. The molecule has 5 nitrogen and oxygen atoms in total. The highest BCUT2D eigenvalue weighted by Gasteiger charge is 2.14. The Hall–Kier alpha value is -1.92. The second kappa shape index (κ2) is 5.81. The predicted molar refractivity (Wildman–Crippen MR) is 73.9 cm³/mol. The Balaban J connectivity index is 2.44. The number of rotatable bonds is 4. The summed E-state index contributed by atoms with van der Waals surface area (Å²) in [6.07, 6.45) is 1.46. The van der Waals surface area contributed by atoms with E-state index in [1.807, 2.05) is 11.8 Å². The molecular formula is C12H13ClFN5. The number of aromatic nitrogens is 2. The van der Waals surface area contributed by atoms with E-state index in [0.29, 0.717) is 17.4 Å². The lowest BCUT2D eigenvalue weighted by Crippen LogP contribution is -2.20. The van der Waals surface area contributed by atoms with Crippen molar-refractivity contribution in [3.05, 3.63) is 41.3 Å². The summed E-state index contributed by atoms with van der Waals surface area (Å²) in [6.45, 7) is 2.56. The summed E-state index contributed by atoms with van der Waals surface area (Å²) in [5.41, 5.74) is 3.15. The van der Waals surface area contributed by atoms with E-state index in [4.69, 9.17) is 17.4 Å². The van der Waals surface area contributed by atoms with Crippen molar-refractivity contribution in [1.82, 2.24) is 9.97 Å². The van der Waals surface area contributed by atoms with Crippen LogP contribution in [0.4, 0.5) is 21.8 Å². The molecule has 1 heterocycles. The van der Waals surface area contributed by atoms with Crippen LogP contribution < -0.4 is 16.2 Å². The third-order valence-corrected chi connectivity index (χ3v) is 2.83. The molecule has 0 atom stereocenters. The molecule has 2 rings (SSSR count). The van der Waals surface area contributed by atoms with Crippen LogP contribution in [0.15, 0.2) is 30.5 Å². The fourth-order valence-corrected chi connectivity index (χ4v) is 1.89. The van der Waals surface area contributed by atoms with E-state index in [0.717, 1.165) is 5.69 Å². The summed E-state index contributed by atoms with van der Waals surface area (Å²) >= 11 is 6.10. The number of anilines is 3. The van der Waals surface area contributed by atoms with Gasteiger partial charge < -0.3 is 4.90 Å². The van der Waals surface area contributed by atoms with Crippen molar-refractivity contribution >= 4 is 29.1 Å². The zero-order valence-corrected chi connectivity index (χ0v) is 11.0. The summed E-state index contributed by atoms with van der Waals surface area (Å²) in [6, 6.07) is 6.09. The van der Waals surface area contributed by atoms with E-state index in [2.05, 4.69) is 15.4 Å². The molecule has 7 heteroatoms. The first-order valence-corrected chi connectivity index (χ1v) is 6.05. The van der Waals surface area contributed by atoms with E-state index in [-0.39, 0.29) is 11.8 Å². The Bertz CT molecular complexity index is 561. The minimum atomic E-state index is -0.294. The first-order valence-electron chi connectivity index (χ1n) is 5.68. The van der Waals surface area contributed by atoms with Gasteiger partial charge in [0.25, 0.3) is 0 Å². The maximum Gasteiger partial charge on any atom is 0.239 e. The summed E-state index contributed by atoms with van der Waals surface area (Å²) in [7, 11) is 0. The van der Waals surface area contributed by atoms with Gasteiger partial charge >= 0.3 is 0 Å². The smallest absolute Gasteiger partial charge is 0.239 e. The van der Waals surface area contributed by atoms with Gasteiger partial charge in [-0.05, 0) is 31.2 Å². The van der Waals surface area contributed by atoms with Gasteiger partial charge in [-0.25, -0.2) is 15.2 Å². The molecule has 1 aromatic heterocycles. The van der Waals surface area contributed by atoms with Crippen molar-refractivity contribution < 1.29 is 4.39 Å². The quantitative estimate of drug-likeness (QED) is 0.666. The van der Waals surface area contributed by atoms with Crippen molar-refractivity contribution in [3.63, 3.8) is 0 Å². The van der Waals surface area contributed by atoms with Gasteiger partial charge in [0, 0.05) is 12.2 Å². The molecule has 1 aromatic carbocycles. The van der Waals surface area contributed by atoms with Gasteiger partial charge in [-0.2, -0.15) is 4.98 Å². The molecule has 0 saturated carbocycles. The summed E-state index contributed by atoms with van der Waals surface area (Å²) < 4.78 is 13.0. The van der Waals surface area contributed by atoms with Crippen LogP contribution in [0.1, 0.15) is 6.92 Å². The zero-order chi connectivity index (χ0) is 13.8. The monoisotopic (exact) mass is 281 g/mol. The van der Waals surface area contributed by atoms with E-state index >= 15 is 0 Å². The minimum absolute atomic E-state index is 0.264. The van der Waals surface area contributed by atoms with E-state index in [1.54, 1.807) is 12.1 Å². The highest BCUT2D eigenvalue weighted by molar-refractivity contribution is 6.33. The standard InChI is InChI=1S/C12H13ClFN5/c1-2-19(9-5-3-8(14)4-6-9)11-10(13)7-16-12(17-11)18-15/h3-7H,2,15H2,1H3,(H,16,17,18). The zero-order valence-electron chi connectivity index (χ0n) is 10.3. The van der Waals surface area contributed by atoms with E-state index in [1.165, 1.54) is 18.3 Å². The number of nitrogens with zero attached hydrogens (tertiary/aromatic N) is 3. The van der Waals surface area contributed by atoms with Gasteiger partial charge in [0.1, 0.15) is 10.8 Å². The molecule has 0 aliphatic rings. The maximum absolute atomic E-state index is 13.0. The van der Waals surface area contributed by atoms with Crippen LogP contribution >= 0.6 is 11.6 Å². The molecule has 0 saturated heterocycles. The maximum atomic E-state index is 13.0. The van der Waals surface area contributed by atoms with Gasteiger partial charge in [-0.1, -0.05) is 11.6 Å². The largest absolute Gasteiger partial charge is 0.325 e. The minimum Gasteiger partial charge on any atom is -0.325 e. The molecule has 0 bridgehead atoms. The number of halogens is 2.